The number of piperidine rings is 1. The standard InChI is InChI=1S/C19H24Cl2N4/c1-24-10-4-5-13(12-24)18-15-6-2-3-9-22-19(15)25(23-18)17-8-7-14(20)11-16(17)21/h7-8,11,13,22H,2-6,9-10,12H2,1H3. The molecule has 3 heterocycles. The average molecular weight is 379 g/mol. The lowest BCUT2D eigenvalue weighted by atomic mass is 9.91. The Bertz CT molecular complexity index is 771. The van der Waals surface area contributed by atoms with E-state index in [4.69, 9.17) is 28.3 Å². The molecule has 0 radical (unpaired) electrons. The van der Waals surface area contributed by atoms with Gasteiger partial charge in [0.2, 0.25) is 0 Å². The summed E-state index contributed by atoms with van der Waals surface area (Å²) in [6.07, 6.45) is 5.92. The Hall–Kier alpha value is -1.23. The third kappa shape index (κ3) is 3.40. The smallest absolute Gasteiger partial charge is 0.133 e. The second kappa shape index (κ2) is 7.18. The lowest BCUT2D eigenvalue weighted by Crippen LogP contribution is -2.31. The molecular formula is C19H24Cl2N4. The molecule has 2 aliphatic heterocycles. The van der Waals surface area contributed by atoms with Gasteiger partial charge in [0.25, 0.3) is 0 Å². The maximum absolute atomic E-state index is 6.48. The SMILES string of the molecule is CN1CCCC(c2nn(-c3ccc(Cl)cc3Cl)c3c2CCCCN3)C1. The van der Waals surface area contributed by atoms with E-state index in [1.165, 1.54) is 43.5 Å². The van der Waals surface area contributed by atoms with Crippen LogP contribution < -0.4 is 5.32 Å². The summed E-state index contributed by atoms with van der Waals surface area (Å²) < 4.78 is 2.00. The molecule has 0 spiro atoms. The summed E-state index contributed by atoms with van der Waals surface area (Å²) in [4.78, 5) is 2.42. The molecular weight excluding hydrogens is 355 g/mol. The van der Waals surface area contributed by atoms with Crippen LogP contribution in [0.5, 0.6) is 0 Å². The zero-order valence-electron chi connectivity index (χ0n) is 14.6. The summed E-state index contributed by atoms with van der Waals surface area (Å²) in [6, 6.07) is 5.63. The van der Waals surface area contributed by atoms with Crippen LogP contribution in [0.15, 0.2) is 18.2 Å². The van der Waals surface area contributed by atoms with Gasteiger partial charge in [-0.25, -0.2) is 4.68 Å². The Labute approximate surface area is 159 Å². The van der Waals surface area contributed by atoms with Crippen LogP contribution in [0.2, 0.25) is 10.0 Å². The minimum atomic E-state index is 0.500. The fourth-order valence-corrected chi connectivity index (χ4v) is 4.56. The maximum Gasteiger partial charge on any atom is 0.133 e. The molecule has 25 heavy (non-hydrogen) atoms. The summed E-state index contributed by atoms with van der Waals surface area (Å²) in [5.74, 6) is 1.62. The number of hydrogen-bond donors (Lipinski definition) is 1. The number of fused-ring (bicyclic) bond motifs is 1. The van der Waals surface area contributed by atoms with Gasteiger partial charge in [0.1, 0.15) is 5.82 Å². The van der Waals surface area contributed by atoms with E-state index in [1.54, 1.807) is 6.07 Å². The van der Waals surface area contributed by atoms with E-state index < -0.39 is 0 Å². The van der Waals surface area contributed by atoms with Crippen molar-refractivity contribution < 1.29 is 0 Å². The third-order valence-electron chi connectivity index (χ3n) is 5.31. The fourth-order valence-electron chi connectivity index (χ4n) is 4.07. The number of likely N-dealkylation sites (tertiary alicyclic amines) is 1. The highest BCUT2D eigenvalue weighted by molar-refractivity contribution is 6.35. The topological polar surface area (TPSA) is 33.1 Å². The normalized spacial score (nSPS) is 21.5. The van der Waals surface area contributed by atoms with Gasteiger partial charge < -0.3 is 10.2 Å². The van der Waals surface area contributed by atoms with E-state index in [0.717, 1.165) is 31.0 Å². The minimum absolute atomic E-state index is 0.500. The van der Waals surface area contributed by atoms with Crippen LogP contribution in [0.1, 0.15) is 42.9 Å². The van der Waals surface area contributed by atoms with Crippen molar-refractivity contribution in [3.63, 3.8) is 0 Å². The Morgan fingerprint density at radius 3 is 2.88 bits per heavy atom. The molecule has 1 aromatic carbocycles. The van der Waals surface area contributed by atoms with Gasteiger partial charge in [-0.2, -0.15) is 5.10 Å². The fraction of sp³-hybridized carbons (Fsp3) is 0.526. The Balaban J connectivity index is 1.81. The molecule has 134 valence electrons. The van der Waals surface area contributed by atoms with Crippen molar-refractivity contribution in [3.05, 3.63) is 39.5 Å². The quantitative estimate of drug-likeness (QED) is 0.819. The molecule has 2 aliphatic rings. The highest BCUT2D eigenvalue weighted by atomic mass is 35.5. The monoisotopic (exact) mass is 378 g/mol. The van der Waals surface area contributed by atoms with Crippen LogP contribution in [-0.4, -0.2) is 41.4 Å². The van der Waals surface area contributed by atoms with Gasteiger partial charge in [-0.05, 0) is 63.9 Å². The van der Waals surface area contributed by atoms with E-state index in [1.807, 2.05) is 16.8 Å². The zero-order valence-corrected chi connectivity index (χ0v) is 16.1. The molecule has 4 rings (SSSR count). The Morgan fingerprint density at radius 1 is 1.20 bits per heavy atom. The van der Waals surface area contributed by atoms with E-state index in [2.05, 4.69) is 17.3 Å². The molecule has 0 amide bonds. The van der Waals surface area contributed by atoms with Gasteiger partial charge in [0.05, 0.1) is 16.4 Å². The van der Waals surface area contributed by atoms with Crippen molar-refractivity contribution >= 4 is 29.0 Å². The van der Waals surface area contributed by atoms with Crippen molar-refractivity contribution in [3.8, 4) is 5.69 Å². The number of likely N-dealkylation sites (N-methyl/N-ethyl adjacent to an activating group) is 1. The first kappa shape index (κ1) is 17.2. The number of anilines is 1. The first-order valence-electron chi connectivity index (χ1n) is 9.13. The molecule has 1 aromatic heterocycles. The van der Waals surface area contributed by atoms with Crippen LogP contribution in [0.4, 0.5) is 5.82 Å². The van der Waals surface area contributed by atoms with Gasteiger partial charge in [0.15, 0.2) is 0 Å². The van der Waals surface area contributed by atoms with Gasteiger partial charge in [0, 0.05) is 29.6 Å². The molecule has 0 bridgehead atoms. The number of rotatable bonds is 2. The van der Waals surface area contributed by atoms with Gasteiger partial charge in [-0.3, -0.25) is 0 Å². The summed E-state index contributed by atoms with van der Waals surface area (Å²) >= 11 is 12.6. The molecule has 1 atom stereocenters. The molecule has 0 saturated carbocycles. The predicted octanol–water partition coefficient (Wildman–Crippen LogP) is 4.74. The van der Waals surface area contributed by atoms with Gasteiger partial charge in [-0.15, -0.1) is 0 Å². The van der Waals surface area contributed by atoms with E-state index >= 15 is 0 Å². The first-order valence-corrected chi connectivity index (χ1v) is 9.88. The summed E-state index contributed by atoms with van der Waals surface area (Å²) in [6.45, 7) is 3.24. The molecule has 1 saturated heterocycles. The number of benzene rings is 1. The molecule has 4 nitrogen and oxygen atoms in total. The van der Waals surface area contributed by atoms with Crippen molar-refractivity contribution in [1.82, 2.24) is 14.7 Å². The molecule has 1 N–H and O–H groups in total. The largest absolute Gasteiger partial charge is 0.370 e. The van der Waals surface area contributed by atoms with E-state index in [0.29, 0.717) is 16.0 Å². The van der Waals surface area contributed by atoms with Gasteiger partial charge >= 0.3 is 0 Å². The van der Waals surface area contributed by atoms with Gasteiger partial charge in [-0.1, -0.05) is 23.2 Å². The number of hydrogen-bond acceptors (Lipinski definition) is 3. The molecule has 6 heteroatoms. The van der Waals surface area contributed by atoms with Crippen LogP contribution in [0.3, 0.4) is 0 Å². The second-order valence-electron chi connectivity index (χ2n) is 7.21. The lowest BCUT2D eigenvalue weighted by molar-refractivity contribution is 0.247. The van der Waals surface area contributed by atoms with Crippen LogP contribution in [-0.2, 0) is 6.42 Å². The zero-order chi connectivity index (χ0) is 17.4. The number of nitrogens with zero attached hydrogens (tertiary/aromatic N) is 3. The van der Waals surface area contributed by atoms with Crippen LogP contribution in [0, 0.1) is 0 Å². The minimum Gasteiger partial charge on any atom is -0.370 e. The van der Waals surface area contributed by atoms with Crippen LogP contribution in [0.25, 0.3) is 5.69 Å². The first-order chi connectivity index (χ1) is 12.1. The van der Waals surface area contributed by atoms with E-state index in [-0.39, 0.29) is 0 Å². The van der Waals surface area contributed by atoms with Crippen molar-refractivity contribution in [2.75, 3.05) is 32.0 Å². The second-order valence-corrected chi connectivity index (χ2v) is 8.05. The Morgan fingerprint density at radius 2 is 2.08 bits per heavy atom. The number of aromatic nitrogens is 2. The molecule has 0 aliphatic carbocycles. The van der Waals surface area contributed by atoms with E-state index in [9.17, 15) is 0 Å². The molecule has 2 aromatic rings. The highest BCUT2D eigenvalue weighted by Gasteiger charge is 2.29. The highest BCUT2D eigenvalue weighted by Crippen LogP contribution is 2.37. The lowest BCUT2D eigenvalue weighted by Gasteiger charge is -2.29. The van der Waals surface area contributed by atoms with Crippen molar-refractivity contribution in [2.45, 2.75) is 38.0 Å². The maximum atomic E-state index is 6.48. The molecule has 1 fully saturated rings. The van der Waals surface area contributed by atoms with Crippen molar-refractivity contribution in [2.24, 2.45) is 0 Å². The summed E-state index contributed by atoms with van der Waals surface area (Å²) in [7, 11) is 2.20. The van der Waals surface area contributed by atoms with Crippen molar-refractivity contribution in [1.29, 1.82) is 0 Å². The predicted molar refractivity (Wildman–Crippen MR) is 104 cm³/mol. The number of nitrogens with one attached hydrogen (secondary N) is 1. The number of halogens is 2. The Kier molecular flexibility index (Phi) is 4.94. The summed E-state index contributed by atoms with van der Waals surface area (Å²) in [5.41, 5.74) is 3.53. The third-order valence-corrected chi connectivity index (χ3v) is 5.85. The average Bonchev–Trinajstić information content (AvgIpc) is 2.77. The van der Waals surface area contributed by atoms with Crippen LogP contribution >= 0.6 is 23.2 Å². The summed E-state index contributed by atoms with van der Waals surface area (Å²) in [5, 5.41) is 9.93. The molecule has 1 unspecified atom stereocenters.